The summed E-state index contributed by atoms with van der Waals surface area (Å²) in [7, 11) is 0. The van der Waals surface area contributed by atoms with Crippen molar-refractivity contribution in [3.63, 3.8) is 0 Å². The summed E-state index contributed by atoms with van der Waals surface area (Å²) < 4.78 is 27.8. The van der Waals surface area contributed by atoms with Crippen LogP contribution in [0.3, 0.4) is 0 Å². The van der Waals surface area contributed by atoms with Crippen LogP contribution in [0.15, 0.2) is 81.7 Å². The van der Waals surface area contributed by atoms with Gasteiger partial charge < -0.3 is 0 Å². The highest BCUT2D eigenvalue weighted by atomic mass is 127. The van der Waals surface area contributed by atoms with E-state index in [0.717, 1.165) is 0 Å². The number of hydrogen-bond donors (Lipinski definition) is 0. The zero-order valence-corrected chi connectivity index (χ0v) is 55.9. The Labute approximate surface area is 500 Å². The van der Waals surface area contributed by atoms with Crippen molar-refractivity contribution in [3.05, 3.63) is 125 Å². The molecule has 12 aromatic rings. The molecule has 0 aliphatic rings. The minimum Gasteiger partial charge on any atom is -0.132 e. The van der Waals surface area contributed by atoms with Crippen LogP contribution in [-0.4, -0.2) is 0 Å². The first-order chi connectivity index (χ1) is 30.7. The van der Waals surface area contributed by atoms with Gasteiger partial charge in [-0.15, -0.1) is 90.7 Å². The third kappa shape index (κ3) is 8.20. The molecule has 12 rings (SSSR count). The average molecular weight is 1780 g/mol. The molecule has 64 heavy (non-hydrogen) atoms. The van der Waals surface area contributed by atoms with Crippen molar-refractivity contribution in [1.29, 1.82) is 0 Å². The molecule has 4 aromatic carbocycles. The molecule has 0 aliphatic carbocycles. The minimum absolute atomic E-state index is 1.24. The topological polar surface area (TPSA) is 0 Å². The van der Waals surface area contributed by atoms with Crippen LogP contribution < -0.4 is 0 Å². The van der Waals surface area contributed by atoms with Gasteiger partial charge in [-0.1, -0.05) is 70.8 Å². The van der Waals surface area contributed by atoms with Gasteiger partial charge in [-0.2, -0.15) is 0 Å². The maximum absolute atomic E-state index is 3.96. The van der Waals surface area contributed by atoms with E-state index in [4.69, 9.17) is 0 Å². The Hall–Kier alpha value is 1.38. The van der Waals surface area contributed by atoms with E-state index in [9.17, 15) is 0 Å². The Kier molecular flexibility index (Phi) is 14.0. The second-order valence-corrected chi connectivity index (χ2v) is 31.8. The monoisotopic (exact) mass is 1780 g/mol. The van der Waals surface area contributed by atoms with Crippen LogP contribution in [0.25, 0.3) is 98.2 Å². The van der Waals surface area contributed by atoms with Gasteiger partial charge in [0, 0.05) is 43.7 Å². The lowest BCUT2D eigenvalue weighted by atomic mass is 10.1. The lowest BCUT2D eigenvalue weighted by Gasteiger charge is -2.04. The molecule has 0 amide bonds. The molecule has 0 fully saturated rings. The lowest BCUT2D eigenvalue weighted by molar-refractivity contribution is 1.45. The van der Waals surface area contributed by atoms with E-state index >= 15 is 0 Å². The minimum atomic E-state index is 1.24. The summed E-state index contributed by atoms with van der Waals surface area (Å²) >= 11 is 38.6. The van der Waals surface area contributed by atoms with Crippen molar-refractivity contribution >= 4 is 314 Å². The van der Waals surface area contributed by atoms with E-state index in [-0.39, 0.29) is 0 Å². The van der Waals surface area contributed by atoms with Gasteiger partial charge in [-0.05, 0) is 219 Å². The summed E-state index contributed by atoms with van der Waals surface area (Å²) in [6.07, 6.45) is 0. The third-order valence-corrected chi connectivity index (χ3v) is 31.7. The van der Waals surface area contributed by atoms with Crippen molar-refractivity contribution in [3.8, 4) is 41.8 Å². The number of halogens is 8. The van der Waals surface area contributed by atoms with Gasteiger partial charge in [0.15, 0.2) is 0 Å². The molecular weight excluding hydrogens is 1750 g/mol. The normalized spacial score (nSPS) is 12.1. The van der Waals surface area contributed by atoms with E-state index in [1.807, 2.05) is 90.7 Å². The molecule has 0 bridgehead atoms. The summed E-state index contributed by atoms with van der Waals surface area (Å²) in [4.78, 5) is 5.51. The molecule has 0 unspecified atom stereocenters. The predicted molar refractivity (Wildman–Crippen MR) is 353 cm³/mol. The molecule has 0 nitrogen and oxygen atoms in total. The highest BCUT2D eigenvalue weighted by Gasteiger charge is 2.27. The number of thiophene rings is 8. The molecule has 0 saturated carbocycles. The molecule has 8 aromatic heterocycles. The number of fused-ring (bicyclic) bond motifs is 10. The van der Waals surface area contributed by atoms with Crippen LogP contribution in [0.2, 0.25) is 0 Å². The third-order valence-electron chi connectivity index (χ3n) is 10.8. The van der Waals surface area contributed by atoms with E-state index in [1.165, 1.54) is 151 Å². The molecule has 0 saturated heterocycles. The first-order valence-electron chi connectivity index (χ1n) is 19.2. The van der Waals surface area contributed by atoms with Crippen molar-refractivity contribution in [2.45, 2.75) is 27.7 Å². The zero-order valence-electron chi connectivity index (χ0n) is 33.2. The zero-order chi connectivity index (χ0) is 44.6. The Balaban J connectivity index is 0.000000143. The molecule has 0 radical (unpaired) electrons. The largest absolute Gasteiger partial charge is 0.132 e. The van der Waals surface area contributed by atoms with E-state index in [0.29, 0.717) is 0 Å². The summed E-state index contributed by atoms with van der Waals surface area (Å²) in [6, 6.07) is 27.1. The van der Waals surface area contributed by atoms with Crippen molar-refractivity contribution in [2.75, 3.05) is 0 Å². The number of rotatable bonds is 4. The number of benzene rings is 4. The fraction of sp³-hybridized carbons (Fsp3) is 0.0833. The highest BCUT2D eigenvalue weighted by molar-refractivity contribution is 14.1. The number of aryl methyl sites for hydroxylation is 4. The molecule has 0 aliphatic heterocycles. The summed E-state index contributed by atoms with van der Waals surface area (Å²) in [5.41, 5.74) is 10.6. The molecule has 320 valence electrons. The van der Waals surface area contributed by atoms with Gasteiger partial charge in [0.05, 0.1) is 84.9 Å². The quantitative estimate of drug-likeness (QED) is 0.154. The average Bonchev–Trinajstić information content (AvgIpc) is 4.12. The molecule has 0 atom stereocenters. The van der Waals surface area contributed by atoms with Gasteiger partial charge in [0.25, 0.3) is 0 Å². The number of hydrogen-bond acceptors (Lipinski definition) is 8. The summed E-state index contributed by atoms with van der Waals surface area (Å²) in [5, 5.41) is 0. The molecule has 8 heterocycles. The fourth-order valence-corrected chi connectivity index (χ4v) is 28.5. The van der Waals surface area contributed by atoms with Gasteiger partial charge >= 0.3 is 0 Å². The second kappa shape index (κ2) is 18.8. The SMILES string of the molecule is Cc1ccc(-c2sc3c(sc4c5sc(-c6ccc(C)cc6I)c(Br)c5sc34)c2Br)c(I)c1.Cc1ccc(-c2sc3c(sc4c5sc(-c6ccc(C)cc6I)c(I)c5sc34)c2I)c(I)c1. The second-order valence-electron chi connectivity index (χ2n) is 15.3. The van der Waals surface area contributed by atoms with Crippen molar-refractivity contribution in [2.24, 2.45) is 0 Å². The Morgan fingerprint density at radius 1 is 0.297 bits per heavy atom. The summed E-state index contributed by atoms with van der Waals surface area (Å²) in [6.45, 7) is 8.64. The van der Waals surface area contributed by atoms with Gasteiger partial charge in [-0.25, -0.2) is 0 Å². The van der Waals surface area contributed by atoms with E-state index in [2.05, 4.69) is 268 Å². The highest BCUT2D eigenvalue weighted by Crippen LogP contribution is 2.59. The molecule has 0 N–H and O–H groups in total. The van der Waals surface area contributed by atoms with Crippen LogP contribution in [-0.2, 0) is 0 Å². The summed E-state index contributed by atoms with van der Waals surface area (Å²) in [5.74, 6) is 0. The van der Waals surface area contributed by atoms with Gasteiger partial charge in [0.2, 0.25) is 0 Å². The van der Waals surface area contributed by atoms with Crippen molar-refractivity contribution in [1.82, 2.24) is 0 Å². The predicted octanol–water partition coefficient (Wildman–Crippen LogP) is 23.8. The molecular formula is C48H24Br2I6S8. The smallest absolute Gasteiger partial charge is 0.0651 e. The lowest BCUT2D eigenvalue weighted by Crippen LogP contribution is -1.83. The van der Waals surface area contributed by atoms with Crippen LogP contribution in [0.1, 0.15) is 22.3 Å². The maximum Gasteiger partial charge on any atom is 0.0651 e. The Bertz CT molecular complexity index is 3400. The molecule has 0 spiro atoms. The maximum atomic E-state index is 3.96. The van der Waals surface area contributed by atoms with Crippen LogP contribution in [0, 0.1) is 49.1 Å². The van der Waals surface area contributed by atoms with E-state index in [1.54, 1.807) is 0 Å². The van der Waals surface area contributed by atoms with E-state index < -0.39 is 0 Å². The van der Waals surface area contributed by atoms with Crippen molar-refractivity contribution < 1.29 is 0 Å². The Morgan fingerprint density at radius 2 is 0.531 bits per heavy atom. The standard InChI is InChI=1S/C24H12Br2I2S4.C24H12I4S4/c1-9-3-5-11(13(27)7-9)17-15(25)19-21(29-17)23-24(31-19)22-20(32-23)16(26)18(30-22)12-6-4-10(2)8-14(12)28;1-9-3-5-11(13(25)7-9)17-15(27)19-21(29-17)23-24(31-19)22-20(32-23)16(28)18(30-22)12-6-4-10(2)8-14(12)26/h2*3-8H,1-2H3. The van der Waals surface area contributed by atoms with Crippen LogP contribution in [0.5, 0.6) is 0 Å². The first kappa shape index (κ1) is 47.7. The van der Waals surface area contributed by atoms with Crippen LogP contribution in [0.4, 0.5) is 0 Å². The van der Waals surface area contributed by atoms with Crippen LogP contribution >= 0.6 is 258 Å². The first-order valence-corrected chi connectivity index (χ1v) is 33.8. The van der Waals surface area contributed by atoms with Gasteiger partial charge in [0.1, 0.15) is 0 Å². The van der Waals surface area contributed by atoms with Gasteiger partial charge in [-0.3, -0.25) is 0 Å². The Morgan fingerprint density at radius 3 is 0.828 bits per heavy atom. The fourth-order valence-electron chi connectivity index (χ4n) is 7.65. The molecule has 16 heteroatoms.